The number of hydrogen-bond donors (Lipinski definition) is 1. The number of aryl methyl sites for hydroxylation is 1. The van der Waals surface area contributed by atoms with Crippen molar-refractivity contribution < 1.29 is 0 Å². The normalized spacial score (nSPS) is 10.5. The minimum atomic E-state index is 0.508. The first-order chi connectivity index (χ1) is 8.15. The SMILES string of the molecule is Cc1cc(N)nc(CSc2ncccc2Br)n1. The van der Waals surface area contributed by atoms with Crippen LogP contribution in [-0.2, 0) is 5.75 Å². The Morgan fingerprint density at radius 1 is 1.41 bits per heavy atom. The van der Waals surface area contributed by atoms with Crippen molar-refractivity contribution in [3.8, 4) is 0 Å². The number of rotatable bonds is 3. The van der Waals surface area contributed by atoms with E-state index in [9.17, 15) is 0 Å². The molecule has 0 fully saturated rings. The molecule has 4 nitrogen and oxygen atoms in total. The van der Waals surface area contributed by atoms with Crippen molar-refractivity contribution in [2.75, 3.05) is 5.73 Å². The lowest BCUT2D eigenvalue weighted by atomic mass is 10.4. The predicted octanol–water partition coefficient (Wildman–Crippen LogP) is 2.82. The fourth-order valence-electron chi connectivity index (χ4n) is 1.33. The van der Waals surface area contributed by atoms with E-state index in [-0.39, 0.29) is 0 Å². The van der Waals surface area contributed by atoms with Gasteiger partial charge in [0.25, 0.3) is 0 Å². The van der Waals surface area contributed by atoms with Gasteiger partial charge in [0, 0.05) is 22.4 Å². The smallest absolute Gasteiger partial charge is 0.141 e. The number of halogens is 1. The van der Waals surface area contributed by atoms with Crippen LogP contribution in [0.15, 0.2) is 33.9 Å². The fourth-order valence-corrected chi connectivity index (χ4v) is 2.67. The van der Waals surface area contributed by atoms with Gasteiger partial charge in [-0.25, -0.2) is 15.0 Å². The van der Waals surface area contributed by atoms with Crippen molar-refractivity contribution in [1.29, 1.82) is 0 Å². The molecule has 0 saturated carbocycles. The maximum Gasteiger partial charge on any atom is 0.141 e. The number of anilines is 1. The van der Waals surface area contributed by atoms with Crippen LogP contribution in [0.2, 0.25) is 0 Å². The maximum atomic E-state index is 5.67. The maximum absolute atomic E-state index is 5.67. The van der Waals surface area contributed by atoms with E-state index in [2.05, 4.69) is 30.9 Å². The Morgan fingerprint density at radius 3 is 2.94 bits per heavy atom. The van der Waals surface area contributed by atoms with E-state index in [1.807, 2.05) is 19.1 Å². The molecule has 0 bridgehead atoms. The van der Waals surface area contributed by atoms with Crippen LogP contribution in [0.4, 0.5) is 5.82 Å². The standard InChI is InChI=1S/C11H11BrN4S/c1-7-5-9(13)16-10(15-7)6-17-11-8(12)3-2-4-14-11/h2-5H,6H2,1H3,(H2,13,15,16). The highest BCUT2D eigenvalue weighted by atomic mass is 79.9. The molecule has 0 aliphatic heterocycles. The molecule has 0 aromatic carbocycles. The Hall–Kier alpha value is -1.14. The summed E-state index contributed by atoms with van der Waals surface area (Å²) in [5, 5.41) is 0.927. The average molecular weight is 311 g/mol. The Morgan fingerprint density at radius 2 is 2.24 bits per heavy atom. The van der Waals surface area contributed by atoms with Gasteiger partial charge in [-0.1, -0.05) is 11.8 Å². The molecule has 0 spiro atoms. The van der Waals surface area contributed by atoms with Gasteiger partial charge < -0.3 is 5.73 Å². The molecule has 0 amide bonds. The van der Waals surface area contributed by atoms with E-state index in [4.69, 9.17) is 5.73 Å². The van der Waals surface area contributed by atoms with E-state index in [1.54, 1.807) is 24.0 Å². The number of thioether (sulfide) groups is 1. The number of aromatic nitrogens is 3. The van der Waals surface area contributed by atoms with E-state index < -0.39 is 0 Å². The Kier molecular flexibility index (Phi) is 3.96. The molecule has 0 radical (unpaired) electrons. The third-order valence-corrected chi connectivity index (χ3v) is 3.89. The van der Waals surface area contributed by atoms with E-state index in [0.29, 0.717) is 11.6 Å². The number of nitrogen functional groups attached to an aromatic ring is 1. The molecular weight excluding hydrogens is 300 g/mol. The summed E-state index contributed by atoms with van der Waals surface area (Å²) in [6.07, 6.45) is 1.76. The van der Waals surface area contributed by atoms with Gasteiger partial charge in [0.2, 0.25) is 0 Å². The summed E-state index contributed by atoms with van der Waals surface area (Å²) in [7, 11) is 0. The number of pyridine rings is 1. The van der Waals surface area contributed by atoms with Crippen molar-refractivity contribution in [2.45, 2.75) is 17.7 Å². The third kappa shape index (κ3) is 3.41. The van der Waals surface area contributed by atoms with Crippen LogP contribution in [-0.4, -0.2) is 15.0 Å². The fraction of sp³-hybridized carbons (Fsp3) is 0.182. The second kappa shape index (κ2) is 5.46. The molecule has 17 heavy (non-hydrogen) atoms. The molecule has 2 rings (SSSR count). The lowest BCUT2D eigenvalue weighted by molar-refractivity contribution is 0.998. The molecule has 6 heteroatoms. The summed E-state index contributed by atoms with van der Waals surface area (Å²) in [5.41, 5.74) is 6.56. The molecule has 0 unspecified atom stereocenters. The van der Waals surface area contributed by atoms with Crippen LogP contribution in [0.3, 0.4) is 0 Å². The van der Waals surface area contributed by atoms with Crippen molar-refractivity contribution in [3.05, 3.63) is 40.4 Å². The number of nitrogens with two attached hydrogens (primary N) is 1. The first-order valence-electron chi connectivity index (χ1n) is 4.98. The van der Waals surface area contributed by atoms with Crippen LogP contribution in [0, 0.1) is 6.92 Å². The molecule has 0 saturated heterocycles. The van der Waals surface area contributed by atoms with Gasteiger partial charge in [-0.3, -0.25) is 0 Å². The van der Waals surface area contributed by atoms with Gasteiger partial charge in [-0.15, -0.1) is 0 Å². The van der Waals surface area contributed by atoms with Gasteiger partial charge in [-0.05, 0) is 35.0 Å². The Labute approximate surface area is 112 Å². The van der Waals surface area contributed by atoms with Crippen LogP contribution >= 0.6 is 27.7 Å². The molecule has 0 aliphatic rings. The minimum Gasteiger partial charge on any atom is -0.384 e. The molecule has 0 aliphatic carbocycles. The Bertz CT molecular complexity index is 512. The molecule has 0 atom stereocenters. The topological polar surface area (TPSA) is 64.7 Å². The summed E-state index contributed by atoms with van der Waals surface area (Å²) in [5.74, 6) is 1.89. The molecular formula is C11H11BrN4S. The monoisotopic (exact) mass is 310 g/mol. The molecule has 2 aromatic heterocycles. The zero-order chi connectivity index (χ0) is 12.3. The van der Waals surface area contributed by atoms with E-state index >= 15 is 0 Å². The zero-order valence-corrected chi connectivity index (χ0v) is 11.6. The van der Waals surface area contributed by atoms with Crippen LogP contribution in [0.25, 0.3) is 0 Å². The molecule has 88 valence electrons. The van der Waals surface area contributed by atoms with Crippen molar-refractivity contribution in [2.24, 2.45) is 0 Å². The van der Waals surface area contributed by atoms with Crippen LogP contribution in [0.1, 0.15) is 11.5 Å². The van der Waals surface area contributed by atoms with Gasteiger partial charge in [-0.2, -0.15) is 0 Å². The predicted molar refractivity (Wildman–Crippen MR) is 72.7 cm³/mol. The minimum absolute atomic E-state index is 0.508. The number of nitrogens with zero attached hydrogens (tertiary/aromatic N) is 3. The summed E-state index contributed by atoms with van der Waals surface area (Å²) >= 11 is 5.03. The quantitative estimate of drug-likeness (QED) is 0.883. The molecule has 2 heterocycles. The van der Waals surface area contributed by atoms with Gasteiger partial charge in [0.05, 0.1) is 5.75 Å². The summed E-state index contributed by atoms with van der Waals surface area (Å²) in [6.45, 7) is 1.91. The summed E-state index contributed by atoms with van der Waals surface area (Å²) in [4.78, 5) is 12.8. The largest absolute Gasteiger partial charge is 0.384 e. The van der Waals surface area contributed by atoms with Gasteiger partial charge >= 0.3 is 0 Å². The molecule has 2 aromatic rings. The summed E-state index contributed by atoms with van der Waals surface area (Å²) < 4.78 is 0.977. The number of hydrogen-bond acceptors (Lipinski definition) is 5. The average Bonchev–Trinajstić information content (AvgIpc) is 2.27. The second-order valence-corrected chi connectivity index (χ2v) is 5.25. The van der Waals surface area contributed by atoms with Crippen molar-refractivity contribution in [3.63, 3.8) is 0 Å². The van der Waals surface area contributed by atoms with Crippen LogP contribution in [0.5, 0.6) is 0 Å². The van der Waals surface area contributed by atoms with Gasteiger partial charge in [0.15, 0.2) is 0 Å². The lowest BCUT2D eigenvalue weighted by Gasteiger charge is -2.04. The highest BCUT2D eigenvalue weighted by Crippen LogP contribution is 2.26. The van der Waals surface area contributed by atoms with Crippen molar-refractivity contribution >= 4 is 33.5 Å². The first-order valence-corrected chi connectivity index (χ1v) is 6.76. The zero-order valence-electron chi connectivity index (χ0n) is 9.22. The highest BCUT2D eigenvalue weighted by molar-refractivity contribution is 9.10. The second-order valence-electron chi connectivity index (χ2n) is 3.43. The highest BCUT2D eigenvalue weighted by Gasteiger charge is 2.05. The molecule has 2 N–H and O–H groups in total. The van der Waals surface area contributed by atoms with Crippen molar-refractivity contribution in [1.82, 2.24) is 15.0 Å². The third-order valence-electron chi connectivity index (χ3n) is 1.98. The van der Waals surface area contributed by atoms with Gasteiger partial charge in [0.1, 0.15) is 16.7 Å². The van der Waals surface area contributed by atoms with Crippen LogP contribution < -0.4 is 5.73 Å². The summed E-state index contributed by atoms with van der Waals surface area (Å²) in [6, 6.07) is 5.60. The first kappa shape index (κ1) is 12.3. The van der Waals surface area contributed by atoms with E-state index in [1.165, 1.54) is 0 Å². The lowest BCUT2D eigenvalue weighted by Crippen LogP contribution is -2.00. The Balaban J connectivity index is 2.10. The van der Waals surface area contributed by atoms with E-state index in [0.717, 1.165) is 21.0 Å².